The third kappa shape index (κ3) is 2.21. The number of nitrogens with two attached hydrogens (primary N) is 1. The summed E-state index contributed by atoms with van der Waals surface area (Å²) in [5.41, 5.74) is 5.37. The highest BCUT2D eigenvalue weighted by atomic mass is 15.2. The maximum Gasteiger partial charge on any atom is 0.105 e. The van der Waals surface area contributed by atoms with Crippen LogP contribution >= 0.6 is 0 Å². The average Bonchev–Trinajstić information content (AvgIpc) is 1.98. The molecular weight excluding hydrogens is 150 g/mol. The van der Waals surface area contributed by atoms with Crippen LogP contribution in [0.1, 0.15) is 26.7 Å². The molecule has 2 unspecified atom stereocenters. The van der Waals surface area contributed by atoms with Crippen LogP contribution in [0.2, 0.25) is 0 Å². The van der Waals surface area contributed by atoms with E-state index in [9.17, 15) is 0 Å². The van der Waals surface area contributed by atoms with Gasteiger partial charge < -0.3 is 5.73 Å². The first kappa shape index (κ1) is 9.52. The topological polar surface area (TPSA) is 53.1 Å². The van der Waals surface area contributed by atoms with Gasteiger partial charge in [0.05, 0.1) is 6.54 Å². The quantitative estimate of drug-likeness (QED) is 0.479. The molecule has 1 aliphatic rings. The summed E-state index contributed by atoms with van der Waals surface area (Å²) in [6.07, 6.45) is 2.56. The minimum absolute atomic E-state index is 0.288. The van der Waals surface area contributed by atoms with Crippen molar-refractivity contribution in [3.63, 3.8) is 0 Å². The Morgan fingerprint density at radius 3 is 2.83 bits per heavy atom. The summed E-state index contributed by atoms with van der Waals surface area (Å²) in [5.74, 6) is 1.04. The second-order valence-electron chi connectivity index (χ2n) is 3.86. The molecule has 0 spiro atoms. The number of rotatable bonds is 2. The number of hydrogen-bond donors (Lipinski definition) is 2. The zero-order valence-corrected chi connectivity index (χ0v) is 8.01. The summed E-state index contributed by atoms with van der Waals surface area (Å²) in [6.45, 7) is 6.25. The van der Waals surface area contributed by atoms with Gasteiger partial charge in [-0.2, -0.15) is 0 Å². The smallest absolute Gasteiger partial charge is 0.105 e. The molecule has 3 N–H and O–H groups in total. The number of hydrogen-bond acceptors (Lipinski definition) is 2. The highest BCUT2D eigenvalue weighted by Gasteiger charge is 2.24. The van der Waals surface area contributed by atoms with Crippen molar-refractivity contribution in [2.75, 3.05) is 13.1 Å². The predicted octanol–water partition coefficient (Wildman–Crippen LogP) is 1.04. The van der Waals surface area contributed by atoms with E-state index in [-0.39, 0.29) is 5.84 Å². The van der Waals surface area contributed by atoms with Crippen LogP contribution in [0.3, 0.4) is 0 Å². The van der Waals surface area contributed by atoms with Crippen molar-refractivity contribution < 1.29 is 0 Å². The Kier molecular flexibility index (Phi) is 3.09. The number of piperidine rings is 1. The molecule has 12 heavy (non-hydrogen) atoms. The third-order valence-electron chi connectivity index (χ3n) is 2.88. The average molecular weight is 169 g/mol. The van der Waals surface area contributed by atoms with Gasteiger partial charge in [-0.05, 0) is 32.2 Å². The van der Waals surface area contributed by atoms with Gasteiger partial charge in [-0.15, -0.1) is 0 Å². The third-order valence-corrected chi connectivity index (χ3v) is 2.88. The van der Waals surface area contributed by atoms with E-state index in [0.717, 1.165) is 12.5 Å². The molecule has 1 saturated heterocycles. The van der Waals surface area contributed by atoms with Crippen molar-refractivity contribution in [1.29, 1.82) is 5.41 Å². The van der Waals surface area contributed by atoms with E-state index in [1.54, 1.807) is 0 Å². The maximum absolute atomic E-state index is 7.22. The Hall–Kier alpha value is -0.570. The lowest BCUT2D eigenvalue weighted by Crippen LogP contribution is -2.46. The molecule has 0 aromatic heterocycles. The second-order valence-corrected chi connectivity index (χ2v) is 3.86. The van der Waals surface area contributed by atoms with Crippen LogP contribution in [0, 0.1) is 11.3 Å². The largest absolute Gasteiger partial charge is 0.387 e. The van der Waals surface area contributed by atoms with Gasteiger partial charge in [-0.1, -0.05) is 6.92 Å². The SMILES string of the molecule is CC1CCCN(CC(=N)N)C1C. The van der Waals surface area contributed by atoms with Gasteiger partial charge in [0, 0.05) is 6.04 Å². The minimum Gasteiger partial charge on any atom is -0.387 e. The van der Waals surface area contributed by atoms with Crippen LogP contribution in [-0.2, 0) is 0 Å². The second kappa shape index (κ2) is 3.90. The number of likely N-dealkylation sites (tertiary alicyclic amines) is 1. The van der Waals surface area contributed by atoms with E-state index < -0.39 is 0 Å². The van der Waals surface area contributed by atoms with Crippen molar-refractivity contribution in [1.82, 2.24) is 4.90 Å². The van der Waals surface area contributed by atoms with E-state index in [1.165, 1.54) is 12.8 Å². The molecule has 0 amide bonds. The van der Waals surface area contributed by atoms with Gasteiger partial charge in [0.25, 0.3) is 0 Å². The van der Waals surface area contributed by atoms with Gasteiger partial charge in [-0.3, -0.25) is 10.3 Å². The van der Waals surface area contributed by atoms with Crippen LogP contribution in [0.15, 0.2) is 0 Å². The minimum atomic E-state index is 0.288. The predicted molar refractivity (Wildman–Crippen MR) is 51.3 cm³/mol. The lowest BCUT2D eigenvalue weighted by atomic mass is 9.92. The molecule has 0 aromatic carbocycles. The maximum atomic E-state index is 7.22. The van der Waals surface area contributed by atoms with Crippen molar-refractivity contribution >= 4 is 5.84 Å². The normalized spacial score (nSPS) is 31.8. The number of nitrogens with one attached hydrogen (secondary N) is 1. The van der Waals surface area contributed by atoms with E-state index >= 15 is 0 Å². The number of nitrogens with zero attached hydrogens (tertiary/aromatic N) is 1. The summed E-state index contributed by atoms with van der Waals surface area (Å²) in [4.78, 5) is 2.30. The van der Waals surface area contributed by atoms with Gasteiger partial charge in [0.1, 0.15) is 5.84 Å². The highest BCUT2D eigenvalue weighted by molar-refractivity contribution is 5.78. The van der Waals surface area contributed by atoms with Crippen molar-refractivity contribution in [2.45, 2.75) is 32.7 Å². The van der Waals surface area contributed by atoms with E-state index in [4.69, 9.17) is 11.1 Å². The highest BCUT2D eigenvalue weighted by Crippen LogP contribution is 2.21. The van der Waals surface area contributed by atoms with Gasteiger partial charge in [0.2, 0.25) is 0 Å². The van der Waals surface area contributed by atoms with Crippen molar-refractivity contribution in [3.8, 4) is 0 Å². The molecule has 1 heterocycles. The monoisotopic (exact) mass is 169 g/mol. The summed E-state index contributed by atoms with van der Waals surface area (Å²) in [5, 5.41) is 7.22. The molecule has 70 valence electrons. The van der Waals surface area contributed by atoms with Crippen LogP contribution in [-0.4, -0.2) is 29.9 Å². The lowest BCUT2D eigenvalue weighted by molar-refractivity contribution is 0.132. The fraction of sp³-hybridized carbons (Fsp3) is 0.889. The Bertz CT molecular complexity index is 167. The first-order valence-electron chi connectivity index (χ1n) is 4.68. The Morgan fingerprint density at radius 1 is 1.58 bits per heavy atom. The van der Waals surface area contributed by atoms with Gasteiger partial charge in [0.15, 0.2) is 0 Å². The van der Waals surface area contributed by atoms with E-state index in [1.807, 2.05) is 0 Å². The molecule has 3 heteroatoms. The van der Waals surface area contributed by atoms with E-state index in [2.05, 4.69) is 18.7 Å². The van der Waals surface area contributed by atoms with Gasteiger partial charge >= 0.3 is 0 Å². The molecule has 0 aromatic rings. The molecular formula is C9H19N3. The summed E-state index contributed by atoms with van der Waals surface area (Å²) < 4.78 is 0. The molecule has 0 bridgehead atoms. The van der Waals surface area contributed by atoms with Crippen molar-refractivity contribution in [2.24, 2.45) is 11.7 Å². The lowest BCUT2D eigenvalue weighted by Gasteiger charge is -2.37. The summed E-state index contributed by atoms with van der Waals surface area (Å²) in [7, 11) is 0. The molecule has 1 rings (SSSR count). The van der Waals surface area contributed by atoms with Crippen molar-refractivity contribution in [3.05, 3.63) is 0 Å². The molecule has 2 atom stereocenters. The van der Waals surface area contributed by atoms with Gasteiger partial charge in [-0.25, -0.2) is 0 Å². The molecule has 3 nitrogen and oxygen atoms in total. The standard InChI is InChI=1S/C9H19N3/c1-7-4-3-5-12(8(7)2)6-9(10)11/h7-8H,3-6H2,1-2H3,(H3,10,11). The Labute approximate surface area is 74.4 Å². The fourth-order valence-electron chi connectivity index (χ4n) is 1.86. The number of amidine groups is 1. The molecule has 0 aliphatic carbocycles. The fourth-order valence-corrected chi connectivity index (χ4v) is 1.86. The summed E-state index contributed by atoms with van der Waals surface area (Å²) in [6, 6.07) is 0.586. The molecule has 1 aliphatic heterocycles. The zero-order chi connectivity index (χ0) is 9.14. The van der Waals surface area contributed by atoms with Crippen LogP contribution < -0.4 is 5.73 Å². The first-order valence-corrected chi connectivity index (χ1v) is 4.68. The van der Waals surface area contributed by atoms with Crippen LogP contribution in [0.4, 0.5) is 0 Å². The molecule has 0 saturated carbocycles. The molecule has 1 fully saturated rings. The first-order chi connectivity index (χ1) is 5.61. The van der Waals surface area contributed by atoms with E-state index in [0.29, 0.717) is 12.6 Å². The molecule has 0 radical (unpaired) electrons. The Balaban J connectivity index is 2.46. The zero-order valence-electron chi connectivity index (χ0n) is 8.01. The Morgan fingerprint density at radius 2 is 2.25 bits per heavy atom. The summed E-state index contributed by atoms with van der Waals surface area (Å²) >= 11 is 0. The van der Waals surface area contributed by atoms with Crippen LogP contribution in [0.25, 0.3) is 0 Å². The van der Waals surface area contributed by atoms with Crippen LogP contribution in [0.5, 0.6) is 0 Å².